The predicted molar refractivity (Wildman–Crippen MR) is 65.9 cm³/mol. The Labute approximate surface area is 106 Å². The molecule has 92 valence electrons. The maximum Gasteiger partial charge on any atom is 0.271 e. The molecule has 1 amide bonds. The molecular formula is C12H16ClN3O. The Hall–Kier alpha value is -1.16. The third-order valence-electron chi connectivity index (χ3n) is 3.21. The van der Waals surface area contributed by atoms with Crippen molar-refractivity contribution in [3.05, 3.63) is 23.2 Å². The van der Waals surface area contributed by atoms with E-state index in [9.17, 15) is 4.79 Å². The summed E-state index contributed by atoms with van der Waals surface area (Å²) in [6, 6.07) is 0. The quantitative estimate of drug-likeness (QED) is 0.899. The molecule has 1 aliphatic carbocycles. The maximum atomic E-state index is 11.7. The molecule has 1 saturated carbocycles. The molecule has 1 fully saturated rings. The van der Waals surface area contributed by atoms with Crippen LogP contribution in [0, 0.1) is 11.8 Å². The van der Waals surface area contributed by atoms with Gasteiger partial charge in [0.15, 0.2) is 0 Å². The molecule has 0 spiro atoms. The van der Waals surface area contributed by atoms with Gasteiger partial charge in [-0.1, -0.05) is 24.9 Å². The number of hydrogen-bond donors (Lipinski definition) is 1. The van der Waals surface area contributed by atoms with Gasteiger partial charge in [-0.25, -0.2) is 9.97 Å². The molecule has 17 heavy (non-hydrogen) atoms. The van der Waals surface area contributed by atoms with Crippen LogP contribution in [0.5, 0.6) is 0 Å². The van der Waals surface area contributed by atoms with Gasteiger partial charge < -0.3 is 5.32 Å². The average molecular weight is 254 g/mol. The Morgan fingerprint density at radius 3 is 2.88 bits per heavy atom. The number of nitrogens with zero attached hydrogens (tertiary/aromatic N) is 2. The highest BCUT2D eigenvalue weighted by molar-refractivity contribution is 6.29. The molecular weight excluding hydrogens is 238 g/mol. The second-order valence-corrected chi connectivity index (χ2v) is 5.11. The van der Waals surface area contributed by atoms with Crippen molar-refractivity contribution in [1.29, 1.82) is 0 Å². The molecule has 0 bridgehead atoms. The molecule has 2 unspecified atom stereocenters. The average Bonchev–Trinajstić information content (AvgIpc) is 2.73. The smallest absolute Gasteiger partial charge is 0.271 e. The fraction of sp³-hybridized carbons (Fsp3) is 0.583. The summed E-state index contributed by atoms with van der Waals surface area (Å²) in [5, 5.41) is 3.19. The minimum Gasteiger partial charge on any atom is -0.350 e. The van der Waals surface area contributed by atoms with Crippen LogP contribution in [0.1, 0.15) is 36.7 Å². The van der Waals surface area contributed by atoms with E-state index in [4.69, 9.17) is 11.6 Å². The molecule has 0 radical (unpaired) electrons. The van der Waals surface area contributed by atoms with Gasteiger partial charge in [-0.15, -0.1) is 0 Å². The number of amides is 1. The van der Waals surface area contributed by atoms with Gasteiger partial charge in [-0.3, -0.25) is 4.79 Å². The van der Waals surface area contributed by atoms with Gasteiger partial charge in [-0.2, -0.15) is 0 Å². The number of nitrogens with one attached hydrogen (secondary N) is 1. The summed E-state index contributed by atoms with van der Waals surface area (Å²) in [6.07, 6.45) is 6.45. The topological polar surface area (TPSA) is 54.9 Å². The van der Waals surface area contributed by atoms with E-state index < -0.39 is 0 Å². The molecule has 1 heterocycles. The van der Waals surface area contributed by atoms with E-state index in [2.05, 4.69) is 22.2 Å². The monoisotopic (exact) mass is 253 g/mol. The number of rotatable bonds is 3. The summed E-state index contributed by atoms with van der Waals surface area (Å²) in [5.41, 5.74) is 0.320. The van der Waals surface area contributed by atoms with E-state index in [1.54, 1.807) is 0 Å². The standard InChI is InChI=1S/C12H16ClN3O/c1-8-2-3-9(4-8)5-16-12(17)10-6-15-11(13)7-14-10/h6-9H,2-5H2,1H3,(H,16,17). The summed E-state index contributed by atoms with van der Waals surface area (Å²) in [5.74, 6) is 1.22. The molecule has 0 aromatic carbocycles. The van der Waals surface area contributed by atoms with Crippen molar-refractivity contribution in [3.8, 4) is 0 Å². The van der Waals surface area contributed by atoms with E-state index in [-0.39, 0.29) is 5.91 Å². The number of carbonyl (C=O) groups excluding carboxylic acids is 1. The molecule has 4 nitrogen and oxygen atoms in total. The predicted octanol–water partition coefficient (Wildman–Crippen LogP) is 2.30. The van der Waals surface area contributed by atoms with E-state index in [0.29, 0.717) is 16.8 Å². The fourth-order valence-corrected chi connectivity index (χ4v) is 2.37. The van der Waals surface area contributed by atoms with Gasteiger partial charge in [0.05, 0.1) is 12.4 Å². The van der Waals surface area contributed by atoms with Gasteiger partial charge in [-0.05, 0) is 24.7 Å². The van der Waals surface area contributed by atoms with Crippen LogP contribution in [0.15, 0.2) is 12.4 Å². The third-order valence-corrected chi connectivity index (χ3v) is 3.40. The number of hydrogen-bond acceptors (Lipinski definition) is 3. The Morgan fingerprint density at radius 2 is 2.29 bits per heavy atom. The lowest BCUT2D eigenvalue weighted by molar-refractivity contribution is 0.0941. The van der Waals surface area contributed by atoms with Crippen LogP contribution < -0.4 is 5.32 Å². The summed E-state index contributed by atoms with van der Waals surface area (Å²) >= 11 is 5.61. The zero-order valence-corrected chi connectivity index (χ0v) is 10.6. The van der Waals surface area contributed by atoms with Crippen LogP contribution in [-0.2, 0) is 0 Å². The summed E-state index contributed by atoms with van der Waals surface area (Å²) in [4.78, 5) is 19.5. The van der Waals surface area contributed by atoms with Crippen molar-refractivity contribution in [2.45, 2.75) is 26.2 Å². The van der Waals surface area contributed by atoms with Crippen LogP contribution in [0.25, 0.3) is 0 Å². The molecule has 1 aromatic heterocycles. The Bertz CT molecular complexity index is 393. The molecule has 1 aliphatic rings. The number of aromatic nitrogens is 2. The number of halogens is 1. The zero-order valence-electron chi connectivity index (χ0n) is 9.82. The third kappa shape index (κ3) is 3.40. The van der Waals surface area contributed by atoms with E-state index in [1.165, 1.54) is 31.7 Å². The first-order valence-corrected chi connectivity index (χ1v) is 6.28. The lowest BCUT2D eigenvalue weighted by Gasteiger charge is -2.10. The van der Waals surface area contributed by atoms with Gasteiger partial charge in [0.25, 0.3) is 5.91 Å². The highest BCUT2D eigenvalue weighted by Gasteiger charge is 2.21. The van der Waals surface area contributed by atoms with E-state index in [0.717, 1.165) is 12.5 Å². The van der Waals surface area contributed by atoms with Crippen LogP contribution in [0.4, 0.5) is 0 Å². The molecule has 1 aromatic rings. The Balaban J connectivity index is 1.83. The first-order chi connectivity index (χ1) is 8.15. The van der Waals surface area contributed by atoms with Crippen molar-refractivity contribution >= 4 is 17.5 Å². The molecule has 2 rings (SSSR count). The normalized spacial score (nSPS) is 23.6. The van der Waals surface area contributed by atoms with Gasteiger partial charge >= 0.3 is 0 Å². The van der Waals surface area contributed by atoms with Crippen LogP contribution in [0.3, 0.4) is 0 Å². The molecule has 0 aliphatic heterocycles. The highest BCUT2D eigenvalue weighted by atomic mass is 35.5. The Kier molecular flexibility index (Phi) is 3.94. The van der Waals surface area contributed by atoms with Crippen LogP contribution in [-0.4, -0.2) is 22.4 Å². The highest BCUT2D eigenvalue weighted by Crippen LogP contribution is 2.29. The largest absolute Gasteiger partial charge is 0.350 e. The van der Waals surface area contributed by atoms with Crippen LogP contribution >= 0.6 is 11.6 Å². The van der Waals surface area contributed by atoms with E-state index in [1.807, 2.05) is 0 Å². The zero-order chi connectivity index (χ0) is 12.3. The number of carbonyl (C=O) groups is 1. The molecule has 1 N–H and O–H groups in total. The van der Waals surface area contributed by atoms with Crippen molar-refractivity contribution in [1.82, 2.24) is 15.3 Å². The molecule has 0 saturated heterocycles. The lowest BCUT2D eigenvalue weighted by Crippen LogP contribution is -2.29. The molecule has 2 atom stereocenters. The minimum absolute atomic E-state index is 0.172. The Morgan fingerprint density at radius 1 is 1.47 bits per heavy atom. The fourth-order valence-electron chi connectivity index (χ4n) is 2.27. The van der Waals surface area contributed by atoms with Crippen LogP contribution in [0.2, 0.25) is 5.15 Å². The van der Waals surface area contributed by atoms with Crippen molar-refractivity contribution in [3.63, 3.8) is 0 Å². The van der Waals surface area contributed by atoms with Crippen molar-refractivity contribution < 1.29 is 4.79 Å². The van der Waals surface area contributed by atoms with E-state index >= 15 is 0 Å². The minimum atomic E-state index is -0.172. The SMILES string of the molecule is CC1CCC(CNC(=O)c2cnc(Cl)cn2)C1. The summed E-state index contributed by atoms with van der Waals surface area (Å²) in [6.45, 7) is 2.99. The lowest BCUT2D eigenvalue weighted by atomic mass is 10.1. The van der Waals surface area contributed by atoms with Gasteiger partial charge in [0.2, 0.25) is 0 Å². The van der Waals surface area contributed by atoms with Gasteiger partial charge in [0.1, 0.15) is 10.8 Å². The second kappa shape index (κ2) is 5.45. The summed E-state index contributed by atoms with van der Waals surface area (Å²) < 4.78 is 0. The van der Waals surface area contributed by atoms with Crippen molar-refractivity contribution in [2.24, 2.45) is 11.8 Å². The second-order valence-electron chi connectivity index (χ2n) is 4.72. The van der Waals surface area contributed by atoms with Gasteiger partial charge in [0, 0.05) is 6.54 Å². The first kappa shape index (κ1) is 12.3. The molecule has 5 heteroatoms. The first-order valence-electron chi connectivity index (χ1n) is 5.91. The van der Waals surface area contributed by atoms with Crippen molar-refractivity contribution in [2.75, 3.05) is 6.54 Å². The summed E-state index contributed by atoms with van der Waals surface area (Å²) in [7, 11) is 0. The maximum absolute atomic E-state index is 11.7.